The normalized spacial score (nSPS) is 12.1. The standard InChI is InChI=1S/C17H19NO3/c1-12(8-9-14-6-4-3-5-7-14)18-11-15(13(2)19)10-16(18)17(20)21/h3-7,10-12H,8-9H2,1-2H3,(H,20,21). The fraction of sp³-hybridized carbons (Fsp3) is 0.294. The Labute approximate surface area is 124 Å². The average molecular weight is 285 g/mol. The summed E-state index contributed by atoms with van der Waals surface area (Å²) in [5, 5.41) is 9.26. The molecule has 0 amide bonds. The fourth-order valence-corrected chi connectivity index (χ4v) is 2.37. The number of carboxylic acid groups (broad SMARTS) is 1. The Kier molecular flexibility index (Phi) is 4.58. The highest BCUT2D eigenvalue weighted by Gasteiger charge is 2.18. The molecule has 0 bridgehead atoms. The Balaban J connectivity index is 2.16. The van der Waals surface area contributed by atoms with Crippen molar-refractivity contribution in [3.8, 4) is 0 Å². The van der Waals surface area contributed by atoms with E-state index in [1.807, 2.05) is 25.1 Å². The maximum absolute atomic E-state index is 11.4. The van der Waals surface area contributed by atoms with Crippen molar-refractivity contribution in [2.75, 3.05) is 0 Å². The highest BCUT2D eigenvalue weighted by Crippen LogP contribution is 2.20. The van der Waals surface area contributed by atoms with E-state index in [9.17, 15) is 14.7 Å². The largest absolute Gasteiger partial charge is 0.477 e. The number of Topliss-reactive ketones (excluding diaryl/α,β-unsaturated/α-hetero) is 1. The van der Waals surface area contributed by atoms with Crippen molar-refractivity contribution in [1.29, 1.82) is 0 Å². The molecule has 0 aliphatic rings. The minimum Gasteiger partial charge on any atom is -0.477 e. The number of ketones is 1. The molecule has 1 aromatic carbocycles. The summed E-state index contributed by atoms with van der Waals surface area (Å²) in [6.07, 6.45) is 3.33. The van der Waals surface area contributed by atoms with Crippen LogP contribution in [0.15, 0.2) is 42.6 Å². The van der Waals surface area contributed by atoms with Crippen molar-refractivity contribution >= 4 is 11.8 Å². The molecule has 0 spiro atoms. The Bertz CT molecular complexity index is 643. The zero-order valence-electron chi connectivity index (χ0n) is 12.2. The van der Waals surface area contributed by atoms with Crippen molar-refractivity contribution in [2.24, 2.45) is 0 Å². The second kappa shape index (κ2) is 6.39. The molecule has 110 valence electrons. The second-order valence-corrected chi connectivity index (χ2v) is 5.26. The predicted molar refractivity (Wildman–Crippen MR) is 80.9 cm³/mol. The Hall–Kier alpha value is -2.36. The molecule has 1 atom stereocenters. The first-order valence-corrected chi connectivity index (χ1v) is 6.99. The topological polar surface area (TPSA) is 59.3 Å². The van der Waals surface area contributed by atoms with Gasteiger partial charge in [0.2, 0.25) is 0 Å². The van der Waals surface area contributed by atoms with Crippen LogP contribution in [0.4, 0.5) is 0 Å². The summed E-state index contributed by atoms with van der Waals surface area (Å²) in [7, 11) is 0. The molecule has 0 aliphatic carbocycles. The minimum atomic E-state index is -1.01. The first kappa shape index (κ1) is 15.0. The lowest BCUT2D eigenvalue weighted by Crippen LogP contribution is -2.12. The molecule has 2 rings (SSSR count). The first-order chi connectivity index (χ1) is 9.99. The van der Waals surface area contributed by atoms with Crippen LogP contribution in [-0.4, -0.2) is 21.4 Å². The molecule has 0 radical (unpaired) electrons. The summed E-state index contributed by atoms with van der Waals surface area (Å²) in [5.41, 5.74) is 1.83. The van der Waals surface area contributed by atoms with E-state index < -0.39 is 5.97 Å². The van der Waals surface area contributed by atoms with E-state index in [0.29, 0.717) is 5.56 Å². The minimum absolute atomic E-state index is 0.0180. The summed E-state index contributed by atoms with van der Waals surface area (Å²) < 4.78 is 1.68. The van der Waals surface area contributed by atoms with Gasteiger partial charge < -0.3 is 9.67 Å². The van der Waals surface area contributed by atoms with Crippen LogP contribution in [0.1, 0.15) is 52.7 Å². The van der Waals surface area contributed by atoms with Crippen LogP contribution < -0.4 is 0 Å². The molecule has 1 heterocycles. The van der Waals surface area contributed by atoms with Crippen molar-refractivity contribution in [3.63, 3.8) is 0 Å². The smallest absolute Gasteiger partial charge is 0.352 e. The quantitative estimate of drug-likeness (QED) is 0.825. The molecule has 4 heteroatoms. The third-order valence-electron chi connectivity index (χ3n) is 3.64. The SMILES string of the molecule is CC(=O)c1cc(C(=O)O)n(C(C)CCc2ccccc2)c1. The van der Waals surface area contributed by atoms with Crippen molar-refractivity contribution in [3.05, 3.63) is 59.4 Å². The van der Waals surface area contributed by atoms with Gasteiger partial charge in [-0.05, 0) is 38.3 Å². The first-order valence-electron chi connectivity index (χ1n) is 6.99. The summed E-state index contributed by atoms with van der Waals surface area (Å²) in [5.74, 6) is -1.12. The molecule has 1 N–H and O–H groups in total. The number of nitrogens with zero attached hydrogens (tertiary/aromatic N) is 1. The van der Waals surface area contributed by atoms with Crippen LogP contribution in [0.2, 0.25) is 0 Å². The molecule has 0 aliphatic heterocycles. The van der Waals surface area contributed by atoms with E-state index >= 15 is 0 Å². The van der Waals surface area contributed by atoms with Crippen LogP contribution >= 0.6 is 0 Å². The van der Waals surface area contributed by atoms with E-state index in [1.165, 1.54) is 18.6 Å². The molecule has 1 aromatic heterocycles. The van der Waals surface area contributed by atoms with Gasteiger partial charge in [0.1, 0.15) is 5.69 Å². The number of aryl methyl sites for hydroxylation is 1. The van der Waals surface area contributed by atoms with Gasteiger partial charge in [0.15, 0.2) is 5.78 Å². The van der Waals surface area contributed by atoms with E-state index in [1.54, 1.807) is 10.8 Å². The molecular formula is C17H19NO3. The molecule has 2 aromatic rings. The summed E-state index contributed by atoms with van der Waals surface area (Å²) in [4.78, 5) is 22.7. The van der Waals surface area contributed by atoms with Gasteiger partial charge in [-0.15, -0.1) is 0 Å². The summed E-state index contributed by atoms with van der Waals surface area (Å²) in [6, 6.07) is 11.5. The summed E-state index contributed by atoms with van der Waals surface area (Å²) in [6.45, 7) is 3.42. The van der Waals surface area contributed by atoms with Gasteiger partial charge in [-0.2, -0.15) is 0 Å². The Morgan fingerprint density at radius 1 is 1.24 bits per heavy atom. The average Bonchev–Trinajstić information content (AvgIpc) is 2.91. The van der Waals surface area contributed by atoms with Gasteiger partial charge in [-0.3, -0.25) is 4.79 Å². The number of rotatable bonds is 6. The van der Waals surface area contributed by atoms with Crippen LogP contribution in [0.3, 0.4) is 0 Å². The number of aromatic carboxylic acids is 1. The van der Waals surface area contributed by atoms with E-state index in [2.05, 4.69) is 12.1 Å². The van der Waals surface area contributed by atoms with Crippen LogP contribution in [0, 0.1) is 0 Å². The lowest BCUT2D eigenvalue weighted by Gasteiger charge is -2.15. The molecule has 0 saturated heterocycles. The maximum Gasteiger partial charge on any atom is 0.352 e. The number of carboxylic acids is 1. The highest BCUT2D eigenvalue weighted by atomic mass is 16.4. The van der Waals surface area contributed by atoms with Crippen molar-refractivity contribution in [2.45, 2.75) is 32.7 Å². The molecule has 0 saturated carbocycles. The fourth-order valence-electron chi connectivity index (χ4n) is 2.37. The number of hydrogen-bond acceptors (Lipinski definition) is 2. The lowest BCUT2D eigenvalue weighted by atomic mass is 10.1. The summed E-state index contributed by atoms with van der Waals surface area (Å²) >= 11 is 0. The maximum atomic E-state index is 11.4. The number of benzene rings is 1. The molecule has 4 nitrogen and oxygen atoms in total. The van der Waals surface area contributed by atoms with Gasteiger partial charge in [0, 0.05) is 17.8 Å². The second-order valence-electron chi connectivity index (χ2n) is 5.26. The van der Waals surface area contributed by atoms with Gasteiger partial charge in [0.25, 0.3) is 0 Å². The molecule has 21 heavy (non-hydrogen) atoms. The van der Waals surface area contributed by atoms with E-state index in [4.69, 9.17) is 0 Å². The third-order valence-corrected chi connectivity index (χ3v) is 3.64. The monoisotopic (exact) mass is 285 g/mol. The Morgan fingerprint density at radius 2 is 1.90 bits per heavy atom. The van der Waals surface area contributed by atoms with Crippen LogP contribution in [0.25, 0.3) is 0 Å². The number of carbonyl (C=O) groups excluding carboxylic acids is 1. The number of hydrogen-bond donors (Lipinski definition) is 1. The number of carbonyl (C=O) groups is 2. The van der Waals surface area contributed by atoms with Crippen LogP contribution in [0.5, 0.6) is 0 Å². The molecular weight excluding hydrogens is 266 g/mol. The lowest BCUT2D eigenvalue weighted by molar-refractivity contribution is 0.0682. The molecule has 1 unspecified atom stereocenters. The van der Waals surface area contributed by atoms with E-state index in [-0.39, 0.29) is 17.5 Å². The van der Waals surface area contributed by atoms with E-state index in [0.717, 1.165) is 12.8 Å². The zero-order valence-corrected chi connectivity index (χ0v) is 12.2. The van der Waals surface area contributed by atoms with Crippen molar-refractivity contribution in [1.82, 2.24) is 4.57 Å². The zero-order chi connectivity index (χ0) is 15.4. The predicted octanol–water partition coefficient (Wildman–Crippen LogP) is 3.58. The van der Waals surface area contributed by atoms with Gasteiger partial charge in [0.05, 0.1) is 0 Å². The van der Waals surface area contributed by atoms with Gasteiger partial charge in [-0.1, -0.05) is 30.3 Å². The van der Waals surface area contributed by atoms with Crippen molar-refractivity contribution < 1.29 is 14.7 Å². The van der Waals surface area contributed by atoms with Gasteiger partial charge in [-0.25, -0.2) is 4.79 Å². The number of aromatic nitrogens is 1. The molecule has 0 fully saturated rings. The highest BCUT2D eigenvalue weighted by molar-refractivity contribution is 5.97. The Morgan fingerprint density at radius 3 is 2.48 bits per heavy atom. The van der Waals surface area contributed by atoms with Gasteiger partial charge >= 0.3 is 5.97 Å². The third kappa shape index (κ3) is 3.60. The van der Waals surface area contributed by atoms with Crippen LogP contribution in [-0.2, 0) is 6.42 Å².